The molecule has 1 N–H and O–H groups in total. The Labute approximate surface area is 166 Å². The first-order chi connectivity index (χ1) is 13.1. The number of benzene rings is 3. The van der Waals surface area contributed by atoms with E-state index in [1.165, 1.54) is 11.8 Å². The fraction of sp³-hybridized carbons (Fsp3) is 0.136. The lowest BCUT2D eigenvalue weighted by Gasteiger charge is -2.15. The van der Waals surface area contributed by atoms with E-state index < -0.39 is 0 Å². The zero-order valence-electron chi connectivity index (χ0n) is 14.7. The number of anilines is 1. The van der Waals surface area contributed by atoms with E-state index in [4.69, 9.17) is 16.0 Å². The third-order valence-electron chi connectivity index (χ3n) is 4.40. The van der Waals surface area contributed by atoms with Crippen LogP contribution >= 0.6 is 23.4 Å². The number of rotatable bonds is 5. The molecular formula is C22H18ClNO2S. The van der Waals surface area contributed by atoms with Crippen molar-refractivity contribution in [3.63, 3.8) is 0 Å². The molecule has 3 nitrogen and oxygen atoms in total. The number of thioether (sulfide) groups is 1. The Morgan fingerprint density at radius 2 is 1.78 bits per heavy atom. The zero-order valence-corrected chi connectivity index (χ0v) is 16.3. The average molecular weight is 396 g/mol. The molecule has 4 aromatic rings. The van der Waals surface area contributed by atoms with Crippen LogP contribution in [0.3, 0.4) is 0 Å². The number of hydrogen-bond donors (Lipinski definition) is 1. The first kappa shape index (κ1) is 18.0. The molecule has 1 atom stereocenters. The fourth-order valence-corrected chi connectivity index (χ4v) is 4.11. The first-order valence-electron chi connectivity index (χ1n) is 8.78. The minimum atomic E-state index is -0.183. The molecule has 0 saturated carbocycles. The lowest BCUT2D eigenvalue weighted by atomic mass is 10.1. The molecule has 0 saturated heterocycles. The van der Waals surface area contributed by atoms with E-state index in [0.29, 0.717) is 5.02 Å². The molecule has 0 bridgehead atoms. The van der Waals surface area contributed by atoms with Crippen molar-refractivity contribution in [3.05, 3.63) is 71.8 Å². The highest BCUT2D eigenvalue weighted by Gasteiger charge is 2.18. The summed E-state index contributed by atoms with van der Waals surface area (Å²) in [7, 11) is 0. The first-order valence-corrected chi connectivity index (χ1v) is 10.0. The number of carbonyl (C=O) groups excluding carboxylic acids is 1. The molecule has 0 aliphatic carbocycles. The average Bonchev–Trinajstić information content (AvgIpc) is 3.05. The SMILES string of the molecule is CC[C@@H](Sc1ccc(Cl)cc1)C(=O)Nc1ccc2c(c1)oc1ccccc12. The van der Waals surface area contributed by atoms with Gasteiger partial charge in [0.15, 0.2) is 0 Å². The maximum atomic E-state index is 12.7. The molecule has 27 heavy (non-hydrogen) atoms. The van der Waals surface area contributed by atoms with Crippen molar-refractivity contribution in [2.75, 3.05) is 5.32 Å². The monoisotopic (exact) mass is 395 g/mol. The molecule has 4 rings (SSSR count). The van der Waals surface area contributed by atoms with Gasteiger partial charge in [-0.3, -0.25) is 4.79 Å². The lowest BCUT2D eigenvalue weighted by Crippen LogP contribution is -2.24. The molecule has 0 aliphatic heterocycles. The molecular weight excluding hydrogens is 378 g/mol. The van der Waals surface area contributed by atoms with Gasteiger partial charge >= 0.3 is 0 Å². The molecule has 0 radical (unpaired) electrons. The van der Waals surface area contributed by atoms with Crippen molar-refractivity contribution in [3.8, 4) is 0 Å². The van der Waals surface area contributed by atoms with Crippen LogP contribution in [0.1, 0.15) is 13.3 Å². The van der Waals surface area contributed by atoms with Gasteiger partial charge in [0.25, 0.3) is 0 Å². The second-order valence-corrected chi connectivity index (χ2v) is 7.98. The molecule has 1 amide bonds. The molecule has 0 unspecified atom stereocenters. The van der Waals surface area contributed by atoms with Gasteiger partial charge in [-0.05, 0) is 48.9 Å². The van der Waals surface area contributed by atoms with E-state index in [9.17, 15) is 4.79 Å². The molecule has 5 heteroatoms. The normalized spacial score (nSPS) is 12.4. The van der Waals surface area contributed by atoms with Gasteiger partial charge in [0.1, 0.15) is 11.2 Å². The van der Waals surface area contributed by atoms with Gasteiger partial charge in [-0.1, -0.05) is 36.7 Å². The van der Waals surface area contributed by atoms with Crippen LogP contribution in [0.4, 0.5) is 5.69 Å². The van der Waals surface area contributed by atoms with Gasteiger partial charge in [0.05, 0.1) is 5.25 Å². The van der Waals surface area contributed by atoms with Crippen LogP contribution in [0.15, 0.2) is 76.0 Å². The van der Waals surface area contributed by atoms with E-state index in [0.717, 1.165) is 38.9 Å². The number of hydrogen-bond acceptors (Lipinski definition) is 3. The second-order valence-electron chi connectivity index (χ2n) is 6.27. The van der Waals surface area contributed by atoms with Gasteiger partial charge < -0.3 is 9.73 Å². The minimum absolute atomic E-state index is 0.0205. The molecule has 136 valence electrons. The number of fused-ring (bicyclic) bond motifs is 3. The number of para-hydroxylation sites is 1. The maximum absolute atomic E-state index is 12.7. The number of amides is 1. The maximum Gasteiger partial charge on any atom is 0.237 e. The van der Waals surface area contributed by atoms with Crippen LogP contribution in [0, 0.1) is 0 Å². The summed E-state index contributed by atoms with van der Waals surface area (Å²) in [5, 5.41) is 5.65. The lowest BCUT2D eigenvalue weighted by molar-refractivity contribution is -0.115. The van der Waals surface area contributed by atoms with E-state index in [-0.39, 0.29) is 11.2 Å². The van der Waals surface area contributed by atoms with E-state index in [1.54, 1.807) is 0 Å². The van der Waals surface area contributed by atoms with Crippen molar-refractivity contribution < 1.29 is 9.21 Å². The van der Waals surface area contributed by atoms with E-state index in [1.807, 2.05) is 73.7 Å². The van der Waals surface area contributed by atoms with Crippen LogP contribution in [0.5, 0.6) is 0 Å². The second kappa shape index (κ2) is 7.67. The summed E-state index contributed by atoms with van der Waals surface area (Å²) in [5.74, 6) is -0.0205. The number of carbonyl (C=O) groups is 1. The van der Waals surface area contributed by atoms with Crippen LogP contribution in [-0.4, -0.2) is 11.2 Å². The van der Waals surface area contributed by atoms with Gasteiger partial charge in [-0.2, -0.15) is 0 Å². The Morgan fingerprint density at radius 1 is 1.04 bits per heavy atom. The predicted octanol–water partition coefficient (Wildman–Crippen LogP) is 6.75. The smallest absolute Gasteiger partial charge is 0.237 e. The standard InChI is InChI=1S/C22H18ClNO2S/c1-2-21(27-16-10-7-14(23)8-11-16)22(25)24-15-9-12-18-17-5-3-4-6-19(17)26-20(18)13-15/h3-13,21H,2H2,1H3,(H,24,25)/t21-/m1/s1. The minimum Gasteiger partial charge on any atom is -0.456 e. The third-order valence-corrected chi connectivity index (χ3v) is 6.03. The fourth-order valence-electron chi connectivity index (χ4n) is 3.03. The quantitative estimate of drug-likeness (QED) is 0.380. The Morgan fingerprint density at radius 3 is 2.56 bits per heavy atom. The number of furan rings is 1. The summed E-state index contributed by atoms with van der Waals surface area (Å²) in [5.41, 5.74) is 2.36. The summed E-state index contributed by atoms with van der Waals surface area (Å²) in [6, 6.07) is 21.3. The largest absolute Gasteiger partial charge is 0.456 e. The molecule has 1 aromatic heterocycles. The van der Waals surface area contributed by atoms with Crippen molar-refractivity contribution >= 4 is 56.9 Å². The summed E-state index contributed by atoms with van der Waals surface area (Å²) in [4.78, 5) is 13.8. The van der Waals surface area contributed by atoms with Gasteiger partial charge in [-0.25, -0.2) is 0 Å². The summed E-state index contributed by atoms with van der Waals surface area (Å²) >= 11 is 7.47. The van der Waals surface area contributed by atoms with Gasteiger partial charge in [-0.15, -0.1) is 11.8 Å². The van der Waals surface area contributed by atoms with Crippen LogP contribution < -0.4 is 5.32 Å². The van der Waals surface area contributed by atoms with Crippen molar-refractivity contribution in [1.29, 1.82) is 0 Å². The molecule has 0 fully saturated rings. The van der Waals surface area contributed by atoms with E-state index >= 15 is 0 Å². The van der Waals surface area contributed by atoms with E-state index in [2.05, 4.69) is 5.32 Å². The number of nitrogens with one attached hydrogen (secondary N) is 1. The Hall–Kier alpha value is -2.43. The van der Waals surface area contributed by atoms with Crippen LogP contribution in [0.25, 0.3) is 21.9 Å². The van der Waals surface area contributed by atoms with Gasteiger partial charge in [0.2, 0.25) is 5.91 Å². The van der Waals surface area contributed by atoms with Crippen LogP contribution in [0.2, 0.25) is 5.02 Å². The van der Waals surface area contributed by atoms with Crippen molar-refractivity contribution in [2.45, 2.75) is 23.5 Å². The summed E-state index contributed by atoms with van der Waals surface area (Å²) in [6.07, 6.45) is 0.728. The highest BCUT2D eigenvalue weighted by molar-refractivity contribution is 8.00. The molecule has 3 aromatic carbocycles. The highest BCUT2D eigenvalue weighted by Crippen LogP contribution is 2.31. The molecule has 0 spiro atoms. The zero-order chi connectivity index (χ0) is 18.8. The Kier molecular flexibility index (Phi) is 5.10. The Bertz CT molecular complexity index is 1100. The van der Waals surface area contributed by atoms with Crippen molar-refractivity contribution in [2.24, 2.45) is 0 Å². The van der Waals surface area contributed by atoms with Crippen molar-refractivity contribution in [1.82, 2.24) is 0 Å². The van der Waals surface area contributed by atoms with Crippen LogP contribution in [-0.2, 0) is 4.79 Å². The molecule has 0 aliphatic rings. The summed E-state index contributed by atoms with van der Waals surface area (Å²) in [6.45, 7) is 2.01. The highest BCUT2D eigenvalue weighted by atomic mass is 35.5. The third kappa shape index (κ3) is 3.82. The summed E-state index contributed by atoms with van der Waals surface area (Å²) < 4.78 is 5.90. The topological polar surface area (TPSA) is 42.2 Å². The predicted molar refractivity (Wildman–Crippen MR) is 114 cm³/mol. The number of halogens is 1. The Balaban J connectivity index is 1.53. The molecule has 1 heterocycles. The van der Waals surface area contributed by atoms with Gasteiger partial charge in [0, 0.05) is 32.4 Å².